The van der Waals surface area contributed by atoms with Gasteiger partial charge in [-0.25, -0.2) is 0 Å². The van der Waals surface area contributed by atoms with Crippen molar-refractivity contribution < 1.29 is 10.2 Å². The quantitative estimate of drug-likeness (QED) is 0.861. The van der Waals surface area contributed by atoms with Crippen LogP contribution in [0.3, 0.4) is 0 Å². The van der Waals surface area contributed by atoms with Crippen LogP contribution in [-0.4, -0.2) is 10.2 Å². The summed E-state index contributed by atoms with van der Waals surface area (Å²) < 4.78 is 0. The molecule has 0 heterocycles. The Kier molecular flexibility index (Phi) is 4.33. The lowest BCUT2D eigenvalue weighted by Crippen LogP contribution is -1.98. The van der Waals surface area contributed by atoms with Gasteiger partial charge in [-0.15, -0.1) is 0 Å². The van der Waals surface area contributed by atoms with Crippen molar-refractivity contribution in [3.63, 3.8) is 0 Å². The summed E-state index contributed by atoms with van der Waals surface area (Å²) in [7, 11) is 0. The second-order valence-corrected chi connectivity index (χ2v) is 5.05. The summed E-state index contributed by atoms with van der Waals surface area (Å²) in [6.07, 6.45) is 2.87. The Morgan fingerprint density at radius 2 is 1.40 bits per heavy atom. The molecule has 2 rings (SSSR count). The van der Waals surface area contributed by atoms with E-state index in [2.05, 4.69) is 32.9 Å². The van der Waals surface area contributed by atoms with E-state index in [1.165, 1.54) is 22.8 Å². The minimum atomic E-state index is 0.0903. The molecule has 2 N–H and O–H groups in total. The highest BCUT2D eigenvalue weighted by molar-refractivity contribution is 5.77. The van der Waals surface area contributed by atoms with E-state index in [9.17, 15) is 10.2 Å². The Hall–Kier alpha value is -1.96. The van der Waals surface area contributed by atoms with Crippen LogP contribution in [0.2, 0.25) is 0 Å². The molecule has 0 spiro atoms. The second-order valence-electron chi connectivity index (χ2n) is 5.05. The SMILES string of the molecule is CCc1cc(CC)c(-c2ccc(O)cc2O)c(CC)c1. The van der Waals surface area contributed by atoms with E-state index in [0.29, 0.717) is 0 Å². The molecule has 0 unspecified atom stereocenters. The topological polar surface area (TPSA) is 40.5 Å². The van der Waals surface area contributed by atoms with Crippen LogP contribution in [-0.2, 0) is 19.3 Å². The van der Waals surface area contributed by atoms with Gasteiger partial charge in [-0.1, -0.05) is 32.9 Å². The van der Waals surface area contributed by atoms with Gasteiger partial charge in [0.25, 0.3) is 0 Å². The van der Waals surface area contributed by atoms with Gasteiger partial charge in [0.15, 0.2) is 0 Å². The highest BCUT2D eigenvalue weighted by atomic mass is 16.3. The number of aryl methyl sites for hydroxylation is 3. The van der Waals surface area contributed by atoms with Crippen LogP contribution < -0.4 is 0 Å². The molecule has 2 nitrogen and oxygen atoms in total. The third-order valence-corrected chi connectivity index (χ3v) is 3.78. The monoisotopic (exact) mass is 270 g/mol. The van der Waals surface area contributed by atoms with Crippen LogP contribution in [0.25, 0.3) is 11.1 Å². The number of rotatable bonds is 4. The molecule has 0 aliphatic rings. The molecule has 0 aromatic heterocycles. The van der Waals surface area contributed by atoms with Gasteiger partial charge in [0.1, 0.15) is 11.5 Å². The largest absolute Gasteiger partial charge is 0.508 e. The molecule has 0 saturated carbocycles. The number of hydrogen-bond acceptors (Lipinski definition) is 2. The van der Waals surface area contributed by atoms with E-state index in [4.69, 9.17) is 0 Å². The van der Waals surface area contributed by atoms with E-state index in [1.54, 1.807) is 12.1 Å². The first-order valence-corrected chi connectivity index (χ1v) is 7.27. The number of phenolic OH excluding ortho intramolecular Hbond substituents is 2. The van der Waals surface area contributed by atoms with Gasteiger partial charge in [0, 0.05) is 11.6 Å². The molecule has 0 aliphatic heterocycles. The Morgan fingerprint density at radius 3 is 1.85 bits per heavy atom. The Labute approximate surface area is 120 Å². The average Bonchev–Trinajstić information content (AvgIpc) is 2.46. The third kappa shape index (κ3) is 2.64. The molecule has 2 aromatic carbocycles. The fourth-order valence-electron chi connectivity index (χ4n) is 2.68. The minimum Gasteiger partial charge on any atom is -0.508 e. The maximum Gasteiger partial charge on any atom is 0.127 e. The van der Waals surface area contributed by atoms with Crippen molar-refractivity contribution >= 4 is 0 Å². The maximum atomic E-state index is 10.2. The van der Waals surface area contributed by atoms with Gasteiger partial charge < -0.3 is 10.2 Å². The van der Waals surface area contributed by atoms with Crippen molar-refractivity contribution in [1.82, 2.24) is 0 Å². The van der Waals surface area contributed by atoms with Crippen LogP contribution in [0.4, 0.5) is 0 Å². The molecular weight excluding hydrogens is 248 g/mol. The highest BCUT2D eigenvalue weighted by Crippen LogP contribution is 2.37. The number of phenols is 2. The fraction of sp³-hybridized carbons (Fsp3) is 0.333. The molecule has 0 amide bonds. The summed E-state index contributed by atoms with van der Waals surface area (Å²) in [5, 5.41) is 19.6. The predicted octanol–water partition coefficient (Wildman–Crippen LogP) is 4.45. The highest BCUT2D eigenvalue weighted by Gasteiger charge is 2.14. The van der Waals surface area contributed by atoms with Gasteiger partial charge in [0.05, 0.1) is 0 Å². The number of aromatic hydroxyl groups is 2. The lowest BCUT2D eigenvalue weighted by Gasteiger charge is -2.17. The third-order valence-electron chi connectivity index (χ3n) is 3.78. The first kappa shape index (κ1) is 14.4. The van der Waals surface area contributed by atoms with E-state index in [1.807, 2.05) is 0 Å². The molecule has 0 aliphatic carbocycles. The lowest BCUT2D eigenvalue weighted by atomic mass is 9.89. The molecular formula is C18H22O2. The van der Waals surface area contributed by atoms with E-state index >= 15 is 0 Å². The van der Waals surface area contributed by atoms with Gasteiger partial charge in [0.2, 0.25) is 0 Å². The van der Waals surface area contributed by atoms with Crippen LogP contribution in [0.15, 0.2) is 30.3 Å². The van der Waals surface area contributed by atoms with Crippen LogP contribution in [0.5, 0.6) is 11.5 Å². The molecule has 20 heavy (non-hydrogen) atoms. The van der Waals surface area contributed by atoms with E-state index in [0.717, 1.165) is 30.4 Å². The molecule has 0 bridgehead atoms. The maximum absolute atomic E-state index is 10.2. The minimum absolute atomic E-state index is 0.0903. The van der Waals surface area contributed by atoms with Crippen LogP contribution >= 0.6 is 0 Å². The van der Waals surface area contributed by atoms with Gasteiger partial charge in [-0.05, 0) is 53.6 Å². The average molecular weight is 270 g/mol. The zero-order valence-electron chi connectivity index (χ0n) is 12.4. The lowest BCUT2D eigenvalue weighted by molar-refractivity contribution is 0.452. The first-order valence-electron chi connectivity index (χ1n) is 7.27. The van der Waals surface area contributed by atoms with Crippen molar-refractivity contribution in [2.45, 2.75) is 40.0 Å². The molecule has 0 saturated heterocycles. The Bertz CT molecular complexity index is 590. The standard InChI is InChI=1S/C18H22O2/c1-4-12-9-13(5-2)18(14(6-3)10-12)16-8-7-15(19)11-17(16)20/h7-11,19-20H,4-6H2,1-3H3. The van der Waals surface area contributed by atoms with Crippen LogP contribution in [0, 0.1) is 0 Å². The fourth-order valence-corrected chi connectivity index (χ4v) is 2.68. The Morgan fingerprint density at radius 1 is 0.800 bits per heavy atom. The van der Waals surface area contributed by atoms with Gasteiger partial charge in [-0.3, -0.25) is 0 Å². The molecule has 2 heteroatoms. The summed E-state index contributed by atoms with van der Waals surface area (Å²) in [4.78, 5) is 0. The zero-order valence-corrected chi connectivity index (χ0v) is 12.4. The van der Waals surface area contributed by atoms with E-state index in [-0.39, 0.29) is 11.5 Å². The van der Waals surface area contributed by atoms with Crippen molar-refractivity contribution in [1.29, 1.82) is 0 Å². The Balaban J connectivity index is 2.71. The predicted molar refractivity (Wildman–Crippen MR) is 83.3 cm³/mol. The van der Waals surface area contributed by atoms with Crippen LogP contribution in [0.1, 0.15) is 37.5 Å². The summed E-state index contributed by atoms with van der Waals surface area (Å²) >= 11 is 0. The molecule has 0 fully saturated rings. The second kappa shape index (κ2) is 6.00. The summed E-state index contributed by atoms with van der Waals surface area (Å²) in [5.74, 6) is 0.228. The molecule has 2 aromatic rings. The van der Waals surface area contributed by atoms with Gasteiger partial charge >= 0.3 is 0 Å². The smallest absolute Gasteiger partial charge is 0.127 e. The molecule has 106 valence electrons. The number of hydrogen-bond donors (Lipinski definition) is 2. The van der Waals surface area contributed by atoms with Crippen molar-refractivity contribution in [3.8, 4) is 22.6 Å². The molecule has 0 atom stereocenters. The zero-order chi connectivity index (χ0) is 14.7. The van der Waals surface area contributed by atoms with Crippen molar-refractivity contribution in [2.24, 2.45) is 0 Å². The molecule has 0 radical (unpaired) electrons. The van der Waals surface area contributed by atoms with Crippen molar-refractivity contribution in [3.05, 3.63) is 47.0 Å². The summed E-state index contributed by atoms with van der Waals surface area (Å²) in [6, 6.07) is 9.27. The summed E-state index contributed by atoms with van der Waals surface area (Å²) in [5.41, 5.74) is 5.76. The summed E-state index contributed by atoms with van der Waals surface area (Å²) in [6.45, 7) is 6.43. The first-order chi connectivity index (χ1) is 9.60. The normalized spacial score (nSPS) is 10.8. The van der Waals surface area contributed by atoms with E-state index < -0.39 is 0 Å². The van der Waals surface area contributed by atoms with Gasteiger partial charge in [-0.2, -0.15) is 0 Å². The number of benzene rings is 2. The van der Waals surface area contributed by atoms with Crippen molar-refractivity contribution in [2.75, 3.05) is 0 Å².